The summed E-state index contributed by atoms with van der Waals surface area (Å²) in [6.45, 7) is 2.13. The second kappa shape index (κ2) is 9.02. The molecule has 0 aliphatic rings. The predicted molar refractivity (Wildman–Crippen MR) is 96.3 cm³/mol. The number of hydrogen-bond donors (Lipinski definition) is 2. The minimum Gasteiger partial charge on any atom is -0.497 e. The predicted octanol–water partition coefficient (Wildman–Crippen LogP) is 3.79. The maximum Gasteiger partial charge on any atom is 0.573 e. The molecular formula is C18H20F3N3O3. The first-order chi connectivity index (χ1) is 12.7. The standard InChI is InChI=1S/C18H20F3N3O3/c1-12(26-15-9-7-14(25-2)8-10-15)11-23-17(22)24-13-3-5-16(6-4-13)27-18(19,20)21/h3-10,12H,11H2,1-2H3,(H3,22,23,24). The van der Waals surface area contributed by atoms with Crippen molar-refractivity contribution in [2.24, 2.45) is 10.7 Å². The van der Waals surface area contributed by atoms with Crippen molar-refractivity contribution >= 4 is 11.6 Å². The van der Waals surface area contributed by atoms with Crippen LogP contribution in [0.4, 0.5) is 18.9 Å². The van der Waals surface area contributed by atoms with E-state index in [4.69, 9.17) is 15.2 Å². The van der Waals surface area contributed by atoms with Crippen LogP contribution >= 0.6 is 0 Å². The molecular weight excluding hydrogens is 363 g/mol. The van der Waals surface area contributed by atoms with Crippen LogP contribution in [0.1, 0.15) is 6.92 Å². The van der Waals surface area contributed by atoms with E-state index in [0.29, 0.717) is 18.0 Å². The summed E-state index contributed by atoms with van der Waals surface area (Å²) in [5.74, 6) is 1.20. The number of nitrogens with one attached hydrogen (secondary N) is 1. The molecule has 0 fully saturated rings. The van der Waals surface area contributed by atoms with Crippen molar-refractivity contribution in [3.05, 3.63) is 48.5 Å². The average molecular weight is 383 g/mol. The smallest absolute Gasteiger partial charge is 0.497 e. The lowest BCUT2D eigenvalue weighted by Gasteiger charge is -2.14. The first-order valence-corrected chi connectivity index (χ1v) is 7.98. The molecule has 1 unspecified atom stereocenters. The Labute approximate surface area is 154 Å². The zero-order valence-corrected chi connectivity index (χ0v) is 14.8. The Morgan fingerprint density at radius 3 is 2.15 bits per heavy atom. The van der Waals surface area contributed by atoms with E-state index in [1.807, 2.05) is 6.92 Å². The topological polar surface area (TPSA) is 78.1 Å². The molecule has 0 aliphatic heterocycles. The Balaban J connectivity index is 1.83. The van der Waals surface area contributed by atoms with E-state index in [9.17, 15) is 13.2 Å². The maximum atomic E-state index is 12.1. The molecule has 0 saturated carbocycles. The lowest BCUT2D eigenvalue weighted by atomic mass is 10.3. The summed E-state index contributed by atoms with van der Waals surface area (Å²) in [7, 11) is 1.58. The number of methoxy groups -OCH3 is 1. The van der Waals surface area contributed by atoms with Crippen LogP contribution in [-0.4, -0.2) is 32.1 Å². The number of aliphatic imine (C=N–C) groups is 1. The van der Waals surface area contributed by atoms with Gasteiger partial charge < -0.3 is 25.3 Å². The molecule has 0 spiro atoms. The molecule has 0 saturated heterocycles. The summed E-state index contributed by atoms with van der Waals surface area (Å²) in [6.07, 6.45) is -4.96. The van der Waals surface area contributed by atoms with E-state index >= 15 is 0 Å². The van der Waals surface area contributed by atoms with E-state index in [-0.39, 0.29) is 17.8 Å². The zero-order chi connectivity index (χ0) is 19.9. The van der Waals surface area contributed by atoms with Gasteiger partial charge >= 0.3 is 6.36 Å². The van der Waals surface area contributed by atoms with Crippen molar-refractivity contribution in [2.75, 3.05) is 19.0 Å². The minimum atomic E-state index is -4.73. The third-order valence-corrected chi connectivity index (χ3v) is 3.28. The Hall–Kier alpha value is -3.10. The van der Waals surface area contributed by atoms with E-state index in [2.05, 4.69) is 15.0 Å². The SMILES string of the molecule is COc1ccc(OC(C)CN=C(N)Nc2ccc(OC(F)(F)F)cc2)cc1. The van der Waals surface area contributed by atoms with E-state index < -0.39 is 6.36 Å². The summed E-state index contributed by atoms with van der Waals surface area (Å²) in [4.78, 5) is 4.15. The molecule has 0 radical (unpaired) electrons. The number of rotatable bonds is 7. The molecule has 2 aromatic carbocycles. The highest BCUT2D eigenvalue weighted by Gasteiger charge is 2.30. The van der Waals surface area contributed by atoms with Gasteiger partial charge in [0.1, 0.15) is 23.4 Å². The van der Waals surface area contributed by atoms with Crippen molar-refractivity contribution in [1.29, 1.82) is 0 Å². The van der Waals surface area contributed by atoms with E-state index in [1.54, 1.807) is 31.4 Å². The van der Waals surface area contributed by atoms with Gasteiger partial charge in [-0.15, -0.1) is 13.2 Å². The van der Waals surface area contributed by atoms with Gasteiger partial charge in [0.2, 0.25) is 0 Å². The van der Waals surface area contributed by atoms with Crippen LogP contribution in [-0.2, 0) is 0 Å². The number of anilines is 1. The number of alkyl halides is 3. The number of ether oxygens (including phenoxy) is 3. The monoisotopic (exact) mass is 383 g/mol. The van der Waals surface area contributed by atoms with Gasteiger partial charge in [0.05, 0.1) is 13.7 Å². The van der Waals surface area contributed by atoms with Crippen molar-refractivity contribution < 1.29 is 27.4 Å². The Morgan fingerprint density at radius 2 is 1.59 bits per heavy atom. The van der Waals surface area contributed by atoms with Gasteiger partial charge in [0.25, 0.3) is 0 Å². The summed E-state index contributed by atoms with van der Waals surface area (Å²) in [5.41, 5.74) is 6.26. The molecule has 2 aromatic rings. The molecule has 3 N–H and O–H groups in total. The molecule has 2 rings (SSSR count). The van der Waals surface area contributed by atoms with Crippen molar-refractivity contribution in [3.63, 3.8) is 0 Å². The number of guanidine groups is 1. The van der Waals surface area contributed by atoms with Crippen LogP contribution in [0.5, 0.6) is 17.2 Å². The average Bonchev–Trinajstić information content (AvgIpc) is 2.61. The number of benzene rings is 2. The number of nitrogens with zero attached hydrogens (tertiary/aromatic N) is 1. The van der Waals surface area contributed by atoms with Gasteiger partial charge in [-0.1, -0.05) is 0 Å². The highest BCUT2D eigenvalue weighted by atomic mass is 19.4. The summed E-state index contributed by atoms with van der Waals surface area (Å²) in [5, 5.41) is 2.79. The number of nitrogens with two attached hydrogens (primary N) is 1. The highest BCUT2D eigenvalue weighted by Crippen LogP contribution is 2.24. The molecule has 0 heterocycles. The Morgan fingerprint density at radius 1 is 1.04 bits per heavy atom. The van der Waals surface area contributed by atoms with Crippen LogP contribution in [0.25, 0.3) is 0 Å². The van der Waals surface area contributed by atoms with Gasteiger partial charge in [-0.05, 0) is 55.5 Å². The fraction of sp³-hybridized carbons (Fsp3) is 0.278. The molecule has 0 amide bonds. The van der Waals surface area contributed by atoms with Crippen LogP contribution in [0.15, 0.2) is 53.5 Å². The first-order valence-electron chi connectivity index (χ1n) is 7.98. The third-order valence-electron chi connectivity index (χ3n) is 3.28. The quantitative estimate of drug-likeness (QED) is 0.562. The molecule has 146 valence electrons. The summed E-state index contributed by atoms with van der Waals surface area (Å²) >= 11 is 0. The maximum absolute atomic E-state index is 12.1. The molecule has 27 heavy (non-hydrogen) atoms. The second-order valence-corrected chi connectivity index (χ2v) is 5.53. The van der Waals surface area contributed by atoms with Crippen LogP contribution in [0.3, 0.4) is 0 Å². The normalized spacial score (nSPS) is 13.0. The molecule has 0 aliphatic carbocycles. The van der Waals surface area contributed by atoms with Crippen molar-refractivity contribution in [3.8, 4) is 17.2 Å². The van der Waals surface area contributed by atoms with Crippen molar-refractivity contribution in [2.45, 2.75) is 19.4 Å². The summed E-state index contributed by atoms with van der Waals surface area (Å²) < 4.78 is 51.0. The number of hydrogen-bond acceptors (Lipinski definition) is 4. The third kappa shape index (κ3) is 7.35. The largest absolute Gasteiger partial charge is 0.573 e. The molecule has 0 aromatic heterocycles. The van der Waals surface area contributed by atoms with Crippen LogP contribution in [0.2, 0.25) is 0 Å². The molecule has 6 nitrogen and oxygen atoms in total. The van der Waals surface area contributed by atoms with Crippen LogP contribution in [0, 0.1) is 0 Å². The fourth-order valence-corrected chi connectivity index (χ4v) is 2.08. The zero-order valence-electron chi connectivity index (χ0n) is 14.8. The van der Waals surface area contributed by atoms with E-state index in [0.717, 1.165) is 5.75 Å². The summed E-state index contributed by atoms with van der Waals surface area (Å²) in [6, 6.07) is 12.3. The van der Waals surface area contributed by atoms with E-state index in [1.165, 1.54) is 24.3 Å². The Kier molecular flexibility index (Phi) is 6.75. The lowest BCUT2D eigenvalue weighted by Crippen LogP contribution is -2.25. The van der Waals surface area contributed by atoms with Crippen molar-refractivity contribution in [1.82, 2.24) is 0 Å². The highest BCUT2D eigenvalue weighted by molar-refractivity contribution is 5.92. The number of halogens is 3. The van der Waals surface area contributed by atoms with Crippen LogP contribution < -0.4 is 25.3 Å². The van der Waals surface area contributed by atoms with Gasteiger partial charge in [-0.3, -0.25) is 0 Å². The van der Waals surface area contributed by atoms with Gasteiger partial charge in [-0.25, -0.2) is 4.99 Å². The lowest BCUT2D eigenvalue weighted by molar-refractivity contribution is -0.274. The Bertz CT molecular complexity index is 747. The van der Waals surface area contributed by atoms with Gasteiger partial charge in [0, 0.05) is 5.69 Å². The minimum absolute atomic E-state index is 0.115. The fourth-order valence-electron chi connectivity index (χ4n) is 2.08. The van der Waals surface area contributed by atoms with Gasteiger partial charge in [0.15, 0.2) is 5.96 Å². The molecule has 9 heteroatoms. The van der Waals surface area contributed by atoms with Gasteiger partial charge in [-0.2, -0.15) is 0 Å². The molecule has 0 bridgehead atoms. The first kappa shape index (κ1) is 20.2. The second-order valence-electron chi connectivity index (χ2n) is 5.53. The molecule has 1 atom stereocenters.